The molecule has 0 fully saturated rings. The first-order valence-corrected chi connectivity index (χ1v) is 10.5. The number of likely N-dealkylation sites (N-methyl/N-ethyl adjacent to an activating group) is 1. The van der Waals surface area contributed by atoms with E-state index in [4.69, 9.17) is 0 Å². The Bertz CT molecular complexity index is 1140. The van der Waals surface area contributed by atoms with Crippen molar-refractivity contribution in [3.05, 3.63) is 59.7 Å². The van der Waals surface area contributed by atoms with Crippen LogP contribution in [-0.2, 0) is 34.2 Å². The summed E-state index contributed by atoms with van der Waals surface area (Å²) in [6, 6.07) is 8.38. The molecule has 3 aromatic rings. The number of aldehydes is 1. The SMILES string of the molecule is CN(C1CCc2c(CC=O)c3cccnc3n2C1)S(=O)(=O)c1ccc(F)cc1. The second-order valence-electron chi connectivity index (χ2n) is 6.95. The minimum Gasteiger partial charge on any atom is -0.328 e. The number of nitrogens with zero attached hydrogens (tertiary/aromatic N) is 3. The molecule has 1 atom stereocenters. The molecule has 8 heteroatoms. The summed E-state index contributed by atoms with van der Waals surface area (Å²) < 4.78 is 42.5. The average Bonchev–Trinajstić information content (AvgIpc) is 3.01. The van der Waals surface area contributed by atoms with E-state index in [-0.39, 0.29) is 10.9 Å². The molecule has 0 saturated heterocycles. The molecule has 1 aromatic carbocycles. The maximum absolute atomic E-state index is 13.2. The van der Waals surface area contributed by atoms with Crippen LogP contribution in [0, 0.1) is 5.82 Å². The summed E-state index contributed by atoms with van der Waals surface area (Å²) >= 11 is 0. The van der Waals surface area contributed by atoms with Crippen LogP contribution in [0.4, 0.5) is 4.39 Å². The highest BCUT2D eigenvalue weighted by atomic mass is 32.2. The summed E-state index contributed by atoms with van der Waals surface area (Å²) in [6.07, 6.45) is 4.20. The van der Waals surface area contributed by atoms with Gasteiger partial charge in [0.25, 0.3) is 0 Å². The van der Waals surface area contributed by atoms with Gasteiger partial charge in [-0.3, -0.25) is 0 Å². The van der Waals surface area contributed by atoms with E-state index in [1.165, 1.54) is 16.4 Å². The van der Waals surface area contributed by atoms with Crippen LogP contribution in [0.1, 0.15) is 17.7 Å². The van der Waals surface area contributed by atoms with Crippen molar-refractivity contribution in [3.63, 3.8) is 0 Å². The fraction of sp³-hybridized carbons (Fsp3) is 0.300. The predicted octanol–water partition coefficient (Wildman–Crippen LogP) is 2.55. The lowest BCUT2D eigenvalue weighted by molar-refractivity contribution is -0.107. The molecule has 1 aliphatic rings. The first-order chi connectivity index (χ1) is 13.4. The molecule has 0 spiro atoms. The quantitative estimate of drug-likeness (QED) is 0.616. The molecule has 1 aliphatic heterocycles. The van der Waals surface area contributed by atoms with E-state index >= 15 is 0 Å². The highest BCUT2D eigenvalue weighted by Crippen LogP contribution is 2.32. The van der Waals surface area contributed by atoms with E-state index in [1.807, 2.05) is 16.7 Å². The zero-order valence-corrected chi connectivity index (χ0v) is 16.2. The van der Waals surface area contributed by atoms with Gasteiger partial charge in [0.1, 0.15) is 17.8 Å². The van der Waals surface area contributed by atoms with Crippen molar-refractivity contribution in [2.75, 3.05) is 7.05 Å². The fourth-order valence-electron chi connectivity index (χ4n) is 3.96. The van der Waals surface area contributed by atoms with Crippen LogP contribution >= 0.6 is 0 Å². The van der Waals surface area contributed by atoms with Gasteiger partial charge in [-0.15, -0.1) is 0 Å². The molecular formula is C20H20FN3O3S. The van der Waals surface area contributed by atoms with Gasteiger partial charge in [-0.2, -0.15) is 4.31 Å². The minimum atomic E-state index is -3.74. The van der Waals surface area contributed by atoms with Crippen molar-refractivity contribution in [2.24, 2.45) is 0 Å². The van der Waals surface area contributed by atoms with Crippen LogP contribution in [0.3, 0.4) is 0 Å². The maximum Gasteiger partial charge on any atom is 0.243 e. The van der Waals surface area contributed by atoms with Gasteiger partial charge in [0.05, 0.1) is 4.90 Å². The number of sulfonamides is 1. The lowest BCUT2D eigenvalue weighted by Crippen LogP contribution is -2.42. The zero-order chi connectivity index (χ0) is 19.9. The van der Waals surface area contributed by atoms with E-state index < -0.39 is 15.8 Å². The summed E-state index contributed by atoms with van der Waals surface area (Å²) in [5.74, 6) is -0.475. The first kappa shape index (κ1) is 18.8. The topological polar surface area (TPSA) is 72.3 Å². The highest BCUT2D eigenvalue weighted by Gasteiger charge is 2.33. The molecule has 2 aromatic heterocycles. The van der Waals surface area contributed by atoms with Gasteiger partial charge in [-0.25, -0.2) is 17.8 Å². The smallest absolute Gasteiger partial charge is 0.243 e. The van der Waals surface area contributed by atoms with Crippen LogP contribution in [-0.4, -0.2) is 41.6 Å². The van der Waals surface area contributed by atoms with Crippen molar-refractivity contribution in [1.82, 2.24) is 13.9 Å². The van der Waals surface area contributed by atoms with E-state index in [9.17, 15) is 17.6 Å². The third-order valence-electron chi connectivity index (χ3n) is 5.44. The van der Waals surface area contributed by atoms with Gasteiger partial charge in [-0.05, 0) is 54.8 Å². The van der Waals surface area contributed by atoms with Gasteiger partial charge in [0.2, 0.25) is 10.0 Å². The summed E-state index contributed by atoms with van der Waals surface area (Å²) in [6.45, 7) is 0.457. The molecule has 0 radical (unpaired) electrons. The van der Waals surface area contributed by atoms with Gasteiger partial charge >= 0.3 is 0 Å². The number of rotatable bonds is 5. The summed E-state index contributed by atoms with van der Waals surface area (Å²) in [4.78, 5) is 15.7. The number of benzene rings is 1. The van der Waals surface area contributed by atoms with Crippen molar-refractivity contribution < 1.29 is 17.6 Å². The third-order valence-corrected chi connectivity index (χ3v) is 7.37. The normalized spacial score (nSPS) is 17.0. The Kier molecular flexibility index (Phi) is 4.76. The second-order valence-corrected chi connectivity index (χ2v) is 8.95. The van der Waals surface area contributed by atoms with Gasteiger partial charge in [-0.1, -0.05) is 0 Å². The molecule has 0 amide bonds. The van der Waals surface area contributed by atoms with Crippen molar-refractivity contribution in [3.8, 4) is 0 Å². The Labute approximate surface area is 162 Å². The molecule has 4 rings (SSSR count). The number of hydrogen-bond donors (Lipinski definition) is 0. The number of carbonyl (C=O) groups excluding carboxylic acids is 1. The Morgan fingerprint density at radius 2 is 2.04 bits per heavy atom. The molecule has 0 N–H and O–H groups in total. The number of fused-ring (bicyclic) bond motifs is 3. The molecule has 1 unspecified atom stereocenters. The second kappa shape index (κ2) is 7.10. The van der Waals surface area contributed by atoms with E-state index in [0.29, 0.717) is 25.8 Å². The van der Waals surface area contributed by atoms with Crippen molar-refractivity contribution in [2.45, 2.75) is 36.7 Å². The molecule has 146 valence electrons. The standard InChI is InChI=1S/C20H20FN3O3S/c1-23(28(26,27)16-7-4-14(21)5-8-16)15-6-9-19-17(10-12-25)18-3-2-11-22-20(18)24(19)13-15/h2-5,7-8,11-12,15H,6,9-10,13H2,1H3. The lowest BCUT2D eigenvalue weighted by Gasteiger charge is -2.32. The Balaban J connectivity index is 1.70. The summed E-state index contributed by atoms with van der Waals surface area (Å²) in [7, 11) is -2.18. The molecule has 28 heavy (non-hydrogen) atoms. The fourth-order valence-corrected chi connectivity index (χ4v) is 5.34. The highest BCUT2D eigenvalue weighted by molar-refractivity contribution is 7.89. The van der Waals surface area contributed by atoms with Crippen LogP contribution < -0.4 is 0 Å². The number of pyridine rings is 1. The molecule has 0 bridgehead atoms. The monoisotopic (exact) mass is 401 g/mol. The van der Waals surface area contributed by atoms with Crippen molar-refractivity contribution in [1.29, 1.82) is 0 Å². The maximum atomic E-state index is 13.2. The van der Waals surface area contributed by atoms with Crippen LogP contribution in [0.25, 0.3) is 11.0 Å². The van der Waals surface area contributed by atoms with Crippen molar-refractivity contribution >= 4 is 27.3 Å². The van der Waals surface area contributed by atoms with E-state index in [2.05, 4.69) is 4.98 Å². The number of hydrogen-bond acceptors (Lipinski definition) is 4. The Hall–Kier alpha value is -2.58. The first-order valence-electron chi connectivity index (χ1n) is 9.05. The van der Waals surface area contributed by atoms with Crippen LogP contribution in [0.15, 0.2) is 47.5 Å². The van der Waals surface area contributed by atoms with Crippen LogP contribution in [0.5, 0.6) is 0 Å². The largest absolute Gasteiger partial charge is 0.328 e. The van der Waals surface area contributed by atoms with Gasteiger partial charge in [0.15, 0.2) is 0 Å². The van der Waals surface area contributed by atoms with Crippen LogP contribution in [0.2, 0.25) is 0 Å². The minimum absolute atomic E-state index is 0.0688. The number of carbonyl (C=O) groups is 1. The number of aromatic nitrogens is 2. The molecule has 0 aliphatic carbocycles. The summed E-state index contributed by atoms with van der Waals surface area (Å²) in [5, 5.41) is 0.939. The Morgan fingerprint density at radius 1 is 1.29 bits per heavy atom. The molecule has 3 heterocycles. The molecular weight excluding hydrogens is 381 g/mol. The lowest BCUT2D eigenvalue weighted by atomic mass is 10.0. The number of halogens is 1. The predicted molar refractivity (Wildman–Crippen MR) is 103 cm³/mol. The zero-order valence-electron chi connectivity index (χ0n) is 15.4. The Morgan fingerprint density at radius 3 is 2.75 bits per heavy atom. The van der Waals surface area contributed by atoms with Gasteiger partial charge in [0, 0.05) is 43.3 Å². The molecule has 6 nitrogen and oxygen atoms in total. The van der Waals surface area contributed by atoms with E-state index in [1.54, 1.807) is 13.2 Å². The van der Waals surface area contributed by atoms with E-state index in [0.717, 1.165) is 40.7 Å². The average molecular weight is 401 g/mol. The van der Waals surface area contributed by atoms with Gasteiger partial charge < -0.3 is 9.36 Å². The molecule has 0 saturated carbocycles. The third kappa shape index (κ3) is 3.02. The summed E-state index contributed by atoms with van der Waals surface area (Å²) in [5.41, 5.74) is 2.79.